The summed E-state index contributed by atoms with van der Waals surface area (Å²) in [7, 11) is 1.37. The lowest BCUT2D eigenvalue weighted by Gasteiger charge is -2.18. The highest BCUT2D eigenvalue weighted by molar-refractivity contribution is 14.0. The molecule has 0 aliphatic rings. The number of hydrogen-bond acceptors (Lipinski definition) is 3. The highest BCUT2D eigenvalue weighted by Crippen LogP contribution is 2.14. The molecule has 0 bridgehead atoms. The number of aliphatic imine (C=N–C) groups is 1. The van der Waals surface area contributed by atoms with Gasteiger partial charge < -0.3 is 10.6 Å². The monoisotopic (exact) mass is 502 g/mol. The quantitative estimate of drug-likeness (QED) is 0.362. The topological polar surface area (TPSA) is 73.8 Å². The van der Waals surface area contributed by atoms with E-state index < -0.39 is 10.0 Å². The zero-order valence-electron chi connectivity index (χ0n) is 16.0. The van der Waals surface area contributed by atoms with E-state index in [4.69, 9.17) is 0 Å². The summed E-state index contributed by atoms with van der Waals surface area (Å²) in [5.41, 5.74) is 2.15. The Bertz CT molecular complexity index is 838. The van der Waals surface area contributed by atoms with Crippen molar-refractivity contribution in [2.24, 2.45) is 4.99 Å². The molecule has 0 spiro atoms. The van der Waals surface area contributed by atoms with Gasteiger partial charge in [-0.15, -0.1) is 24.0 Å². The van der Waals surface area contributed by atoms with Gasteiger partial charge in [0.2, 0.25) is 10.0 Å². The number of guanidine groups is 1. The van der Waals surface area contributed by atoms with Crippen LogP contribution in [0.4, 0.5) is 0 Å². The molecule has 2 N–H and O–H groups in total. The van der Waals surface area contributed by atoms with Crippen molar-refractivity contribution >= 4 is 40.0 Å². The molecule has 0 fully saturated rings. The molecule has 0 saturated heterocycles. The van der Waals surface area contributed by atoms with Crippen molar-refractivity contribution in [3.63, 3.8) is 0 Å². The summed E-state index contributed by atoms with van der Waals surface area (Å²) in [6.07, 6.45) is 0. The number of nitrogens with zero attached hydrogens (tertiary/aromatic N) is 2. The maximum Gasteiger partial charge on any atom is 0.242 e. The Hall–Kier alpha value is -1.65. The zero-order chi connectivity index (χ0) is 19.2. The summed E-state index contributed by atoms with van der Waals surface area (Å²) in [5.74, 6) is 0.686. The van der Waals surface area contributed by atoms with Gasteiger partial charge in [-0.05, 0) is 30.2 Å². The Morgan fingerprint density at radius 2 is 1.67 bits per heavy atom. The number of rotatable bonds is 6. The van der Waals surface area contributed by atoms with E-state index in [2.05, 4.69) is 34.7 Å². The van der Waals surface area contributed by atoms with Crippen LogP contribution in [0.1, 0.15) is 24.1 Å². The molecule has 0 aliphatic carbocycles. The average Bonchev–Trinajstić information content (AvgIpc) is 2.65. The number of sulfonamides is 1. The molecule has 6 nitrogen and oxygen atoms in total. The van der Waals surface area contributed by atoms with Crippen LogP contribution in [-0.2, 0) is 16.6 Å². The maximum atomic E-state index is 12.1. The first-order valence-corrected chi connectivity index (χ1v) is 9.82. The van der Waals surface area contributed by atoms with Crippen molar-refractivity contribution in [1.82, 2.24) is 14.9 Å². The van der Waals surface area contributed by atoms with Gasteiger partial charge in [0.1, 0.15) is 0 Å². The third kappa shape index (κ3) is 6.47. The van der Waals surface area contributed by atoms with Crippen molar-refractivity contribution < 1.29 is 8.42 Å². The van der Waals surface area contributed by atoms with Crippen LogP contribution in [0, 0.1) is 0 Å². The smallest absolute Gasteiger partial charge is 0.242 e. The third-order valence-electron chi connectivity index (χ3n) is 4.04. The van der Waals surface area contributed by atoms with Gasteiger partial charge >= 0.3 is 0 Å². The molecular formula is C19H27IN4O2S. The molecule has 2 aromatic rings. The van der Waals surface area contributed by atoms with E-state index in [9.17, 15) is 8.42 Å². The van der Waals surface area contributed by atoms with E-state index >= 15 is 0 Å². The fourth-order valence-corrected chi connectivity index (χ4v) is 3.30. The Labute approximate surface area is 179 Å². The molecule has 0 saturated carbocycles. The minimum absolute atomic E-state index is 0. The van der Waals surface area contributed by atoms with Crippen LogP contribution in [0.15, 0.2) is 64.5 Å². The van der Waals surface area contributed by atoms with Crippen molar-refractivity contribution in [3.05, 3.63) is 65.7 Å². The van der Waals surface area contributed by atoms with Crippen LogP contribution in [0.3, 0.4) is 0 Å². The molecule has 0 aliphatic heterocycles. The fraction of sp³-hybridized carbons (Fsp3) is 0.316. The predicted molar refractivity (Wildman–Crippen MR) is 121 cm³/mol. The van der Waals surface area contributed by atoms with E-state index in [1.165, 1.54) is 24.0 Å². The van der Waals surface area contributed by atoms with Crippen molar-refractivity contribution in [3.8, 4) is 0 Å². The second-order valence-electron chi connectivity index (χ2n) is 6.13. The molecule has 1 atom stereocenters. The molecule has 0 heterocycles. The van der Waals surface area contributed by atoms with Gasteiger partial charge in [0.05, 0.1) is 10.9 Å². The SMILES string of the molecule is CN=C(NCc1ccc(S(=O)(=O)N(C)C)cc1)NC(C)c1ccccc1.I. The number of hydrogen-bond donors (Lipinski definition) is 2. The second-order valence-corrected chi connectivity index (χ2v) is 8.29. The summed E-state index contributed by atoms with van der Waals surface area (Å²) < 4.78 is 25.4. The Morgan fingerprint density at radius 3 is 2.19 bits per heavy atom. The lowest BCUT2D eigenvalue weighted by atomic mass is 10.1. The van der Waals surface area contributed by atoms with Crippen LogP contribution < -0.4 is 10.6 Å². The van der Waals surface area contributed by atoms with E-state index in [1.54, 1.807) is 31.3 Å². The second kappa shape index (κ2) is 10.6. The standard InChI is InChI=1S/C19H26N4O2S.HI/c1-15(17-8-6-5-7-9-17)22-19(20-2)21-14-16-10-12-18(13-11-16)26(24,25)23(3)4;/h5-13,15H,14H2,1-4H3,(H2,20,21,22);1H. The van der Waals surface area contributed by atoms with Crippen molar-refractivity contribution in [2.75, 3.05) is 21.1 Å². The minimum atomic E-state index is -3.40. The molecule has 0 aromatic heterocycles. The summed E-state index contributed by atoms with van der Waals surface area (Å²) in [5, 5.41) is 6.59. The van der Waals surface area contributed by atoms with Crippen LogP contribution in [0.5, 0.6) is 0 Å². The lowest BCUT2D eigenvalue weighted by Crippen LogP contribution is -2.38. The summed E-state index contributed by atoms with van der Waals surface area (Å²) in [6, 6.07) is 17.1. The van der Waals surface area contributed by atoms with Gasteiger partial charge in [0, 0.05) is 27.7 Å². The van der Waals surface area contributed by atoms with Crippen LogP contribution in [-0.4, -0.2) is 39.8 Å². The van der Waals surface area contributed by atoms with Crippen LogP contribution in [0.25, 0.3) is 0 Å². The lowest BCUT2D eigenvalue weighted by molar-refractivity contribution is 0.520. The number of benzene rings is 2. The number of halogens is 1. The molecule has 27 heavy (non-hydrogen) atoms. The molecule has 8 heteroatoms. The van der Waals surface area contributed by atoms with E-state index in [0.29, 0.717) is 12.5 Å². The molecule has 2 aromatic carbocycles. The van der Waals surface area contributed by atoms with Crippen molar-refractivity contribution in [1.29, 1.82) is 0 Å². The number of nitrogens with one attached hydrogen (secondary N) is 2. The van der Waals surface area contributed by atoms with E-state index in [0.717, 1.165) is 5.56 Å². The summed E-state index contributed by atoms with van der Waals surface area (Å²) >= 11 is 0. The summed E-state index contributed by atoms with van der Waals surface area (Å²) in [6.45, 7) is 2.62. The van der Waals surface area contributed by atoms with E-state index in [1.807, 2.05) is 18.2 Å². The molecule has 148 valence electrons. The van der Waals surface area contributed by atoms with Gasteiger partial charge in [0.15, 0.2) is 5.96 Å². The highest BCUT2D eigenvalue weighted by Gasteiger charge is 2.16. The molecule has 2 rings (SSSR count). The Balaban J connectivity index is 0.00000364. The Kier molecular flexibility index (Phi) is 9.20. The zero-order valence-corrected chi connectivity index (χ0v) is 19.2. The first-order chi connectivity index (χ1) is 12.3. The highest BCUT2D eigenvalue weighted by atomic mass is 127. The van der Waals surface area contributed by atoms with Gasteiger partial charge in [-0.2, -0.15) is 0 Å². The van der Waals surface area contributed by atoms with Gasteiger partial charge in [-0.1, -0.05) is 42.5 Å². The summed E-state index contributed by atoms with van der Waals surface area (Å²) in [4.78, 5) is 4.52. The van der Waals surface area contributed by atoms with Crippen LogP contribution >= 0.6 is 24.0 Å². The van der Waals surface area contributed by atoms with Gasteiger partial charge in [0.25, 0.3) is 0 Å². The molecular weight excluding hydrogens is 475 g/mol. The molecule has 1 unspecified atom stereocenters. The predicted octanol–water partition coefficient (Wildman–Crippen LogP) is 2.98. The maximum absolute atomic E-state index is 12.1. The first kappa shape index (κ1) is 23.4. The minimum Gasteiger partial charge on any atom is -0.352 e. The first-order valence-electron chi connectivity index (χ1n) is 8.38. The normalized spacial score (nSPS) is 13.0. The Morgan fingerprint density at radius 1 is 1.07 bits per heavy atom. The van der Waals surface area contributed by atoms with Gasteiger partial charge in [-0.3, -0.25) is 4.99 Å². The third-order valence-corrected chi connectivity index (χ3v) is 5.87. The van der Waals surface area contributed by atoms with Crippen LogP contribution in [0.2, 0.25) is 0 Å². The van der Waals surface area contributed by atoms with Gasteiger partial charge in [-0.25, -0.2) is 12.7 Å². The van der Waals surface area contributed by atoms with Crippen molar-refractivity contribution in [2.45, 2.75) is 24.4 Å². The fourth-order valence-electron chi connectivity index (χ4n) is 2.40. The largest absolute Gasteiger partial charge is 0.352 e. The average molecular weight is 502 g/mol. The molecule has 0 radical (unpaired) electrons. The van der Waals surface area contributed by atoms with E-state index in [-0.39, 0.29) is 34.9 Å². The molecule has 0 amide bonds.